The first-order chi connectivity index (χ1) is 4.57. The van der Waals surface area contributed by atoms with Gasteiger partial charge in [-0.1, -0.05) is 6.58 Å². The van der Waals surface area contributed by atoms with Crippen molar-refractivity contribution in [2.24, 2.45) is 0 Å². The minimum atomic E-state index is -0.662. The van der Waals surface area contributed by atoms with Gasteiger partial charge in [0.25, 0.3) is 0 Å². The van der Waals surface area contributed by atoms with Crippen molar-refractivity contribution in [2.75, 3.05) is 0 Å². The van der Waals surface area contributed by atoms with Gasteiger partial charge in [0.2, 0.25) is 0 Å². The van der Waals surface area contributed by atoms with Gasteiger partial charge < -0.3 is 4.74 Å². The smallest absolute Gasteiger partial charge is 0.330 e. The van der Waals surface area contributed by atoms with Crippen molar-refractivity contribution in [1.29, 1.82) is 0 Å². The first-order valence-corrected chi connectivity index (χ1v) is 2.91. The van der Waals surface area contributed by atoms with Gasteiger partial charge in [-0.15, -0.1) is 0 Å². The number of hydrogen-bond acceptors (Lipinski definition) is 3. The molecule has 3 nitrogen and oxygen atoms in total. The van der Waals surface area contributed by atoms with Gasteiger partial charge in [-0.05, 0) is 13.8 Å². The highest BCUT2D eigenvalue weighted by molar-refractivity contribution is 5.86. The Morgan fingerprint density at radius 2 is 2.10 bits per heavy atom. The van der Waals surface area contributed by atoms with Gasteiger partial charge in [0.15, 0.2) is 11.9 Å². The molecule has 0 aliphatic carbocycles. The Bertz CT molecular complexity index is 160. The van der Waals surface area contributed by atoms with Crippen LogP contribution in [0.4, 0.5) is 0 Å². The molecule has 1 atom stereocenters. The number of Topliss-reactive ketones (excluding diaryl/α,β-unsaturated/α-hetero) is 1. The Morgan fingerprint density at radius 3 is 2.40 bits per heavy atom. The molecule has 0 aromatic rings. The summed E-state index contributed by atoms with van der Waals surface area (Å²) in [5.41, 5.74) is 0. The Kier molecular flexibility index (Phi) is 3.39. The highest BCUT2D eigenvalue weighted by Crippen LogP contribution is 1.92. The van der Waals surface area contributed by atoms with Crippen LogP contribution >= 0.6 is 0 Å². The predicted molar refractivity (Wildman–Crippen MR) is 36.4 cm³/mol. The molecule has 0 radical (unpaired) electrons. The molecule has 0 aliphatic rings. The Morgan fingerprint density at radius 1 is 1.60 bits per heavy atom. The molecule has 10 heavy (non-hydrogen) atoms. The highest BCUT2D eigenvalue weighted by atomic mass is 16.5. The van der Waals surface area contributed by atoms with Gasteiger partial charge in [0, 0.05) is 6.08 Å². The lowest BCUT2D eigenvalue weighted by molar-refractivity contribution is -0.148. The molecular formula is C7H10O3. The summed E-state index contributed by atoms with van der Waals surface area (Å²) in [4.78, 5) is 20.9. The van der Waals surface area contributed by atoms with Crippen LogP contribution in [0.5, 0.6) is 0 Å². The largest absolute Gasteiger partial charge is 0.452 e. The van der Waals surface area contributed by atoms with E-state index < -0.39 is 12.1 Å². The average Bonchev–Trinajstić information content (AvgIpc) is 1.87. The summed E-state index contributed by atoms with van der Waals surface area (Å²) < 4.78 is 4.55. The number of carbonyl (C=O) groups is 2. The van der Waals surface area contributed by atoms with E-state index in [4.69, 9.17) is 0 Å². The standard InChI is InChI=1S/C7H10O3/c1-4-7(9)10-6(3)5(2)8/h4,6H,1H2,2-3H3. The van der Waals surface area contributed by atoms with E-state index in [1.807, 2.05) is 0 Å². The normalized spacial score (nSPS) is 11.8. The van der Waals surface area contributed by atoms with Crippen LogP contribution < -0.4 is 0 Å². The number of rotatable bonds is 3. The van der Waals surface area contributed by atoms with Crippen LogP contribution in [0.25, 0.3) is 0 Å². The molecule has 1 unspecified atom stereocenters. The summed E-state index contributed by atoms with van der Waals surface area (Å²) in [7, 11) is 0. The summed E-state index contributed by atoms with van der Waals surface area (Å²) in [5, 5.41) is 0. The van der Waals surface area contributed by atoms with E-state index in [0.29, 0.717) is 0 Å². The predicted octanol–water partition coefficient (Wildman–Crippen LogP) is 0.693. The molecule has 0 aromatic carbocycles. The van der Waals surface area contributed by atoms with Crippen LogP contribution in [0.3, 0.4) is 0 Å². The van der Waals surface area contributed by atoms with Crippen molar-refractivity contribution in [1.82, 2.24) is 0 Å². The summed E-state index contributed by atoms with van der Waals surface area (Å²) in [6.45, 7) is 6.07. The monoisotopic (exact) mass is 142 g/mol. The van der Waals surface area contributed by atoms with E-state index in [9.17, 15) is 9.59 Å². The number of ketones is 1. The molecule has 0 bridgehead atoms. The average molecular weight is 142 g/mol. The Labute approximate surface area is 59.7 Å². The SMILES string of the molecule is C=CC(=O)OC(C)C(C)=O. The van der Waals surface area contributed by atoms with Crippen LogP contribution in [0.2, 0.25) is 0 Å². The van der Waals surface area contributed by atoms with E-state index in [-0.39, 0.29) is 5.78 Å². The Hall–Kier alpha value is -1.12. The quantitative estimate of drug-likeness (QED) is 0.430. The van der Waals surface area contributed by atoms with Crippen molar-refractivity contribution in [3.05, 3.63) is 12.7 Å². The first-order valence-electron chi connectivity index (χ1n) is 2.91. The van der Waals surface area contributed by atoms with Crippen molar-refractivity contribution in [2.45, 2.75) is 20.0 Å². The fraction of sp³-hybridized carbons (Fsp3) is 0.429. The lowest BCUT2D eigenvalue weighted by Gasteiger charge is -2.06. The number of ether oxygens (including phenoxy) is 1. The summed E-state index contributed by atoms with van der Waals surface area (Å²) in [5.74, 6) is -0.738. The van der Waals surface area contributed by atoms with Crippen LogP contribution in [0.15, 0.2) is 12.7 Å². The molecule has 0 heterocycles. The zero-order valence-electron chi connectivity index (χ0n) is 6.09. The van der Waals surface area contributed by atoms with E-state index in [0.717, 1.165) is 6.08 Å². The van der Waals surface area contributed by atoms with E-state index >= 15 is 0 Å². The third kappa shape index (κ3) is 3.02. The summed E-state index contributed by atoms with van der Waals surface area (Å²) in [6.07, 6.45) is 0.366. The third-order valence-corrected chi connectivity index (χ3v) is 1.03. The van der Waals surface area contributed by atoms with Crippen molar-refractivity contribution in [3.63, 3.8) is 0 Å². The lowest BCUT2D eigenvalue weighted by atomic mass is 10.3. The lowest BCUT2D eigenvalue weighted by Crippen LogP contribution is -2.20. The summed E-state index contributed by atoms with van der Waals surface area (Å²) >= 11 is 0. The van der Waals surface area contributed by atoms with Gasteiger partial charge >= 0.3 is 5.97 Å². The van der Waals surface area contributed by atoms with Gasteiger partial charge in [-0.3, -0.25) is 4.79 Å². The molecule has 0 saturated heterocycles. The van der Waals surface area contributed by atoms with Gasteiger partial charge in [0.1, 0.15) is 0 Å². The fourth-order valence-corrected chi connectivity index (χ4v) is 0.305. The van der Waals surface area contributed by atoms with Crippen LogP contribution in [0, 0.1) is 0 Å². The zero-order valence-corrected chi connectivity index (χ0v) is 6.09. The highest BCUT2D eigenvalue weighted by Gasteiger charge is 2.09. The van der Waals surface area contributed by atoms with Crippen molar-refractivity contribution < 1.29 is 14.3 Å². The number of esters is 1. The third-order valence-electron chi connectivity index (χ3n) is 1.03. The van der Waals surface area contributed by atoms with Crippen LogP contribution in [-0.2, 0) is 14.3 Å². The van der Waals surface area contributed by atoms with Crippen molar-refractivity contribution >= 4 is 11.8 Å². The van der Waals surface area contributed by atoms with Crippen LogP contribution in [0.1, 0.15) is 13.8 Å². The molecule has 0 fully saturated rings. The topological polar surface area (TPSA) is 43.4 Å². The Balaban J connectivity index is 3.79. The molecule has 0 N–H and O–H groups in total. The molecule has 56 valence electrons. The fourth-order valence-electron chi connectivity index (χ4n) is 0.305. The first kappa shape index (κ1) is 8.88. The maximum atomic E-state index is 10.5. The number of carbonyl (C=O) groups excluding carboxylic acids is 2. The molecule has 0 spiro atoms. The maximum Gasteiger partial charge on any atom is 0.330 e. The molecule has 3 heteroatoms. The second-order valence-corrected chi connectivity index (χ2v) is 1.89. The molecule has 0 amide bonds. The molecule has 0 aliphatic heterocycles. The van der Waals surface area contributed by atoms with Crippen LogP contribution in [-0.4, -0.2) is 17.9 Å². The molecule has 0 rings (SSSR count). The zero-order chi connectivity index (χ0) is 8.15. The number of hydrogen-bond donors (Lipinski definition) is 0. The van der Waals surface area contributed by atoms with Gasteiger partial charge in [-0.25, -0.2) is 4.79 Å². The molecule has 0 saturated carbocycles. The van der Waals surface area contributed by atoms with Gasteiger partial charge in [-0.2, -0.15) is 0 Å². The van der Waals surface area contributed by atoms with E-state index in [2.05, 4.69) is 11.3 Å². The molecular weight excluding hydrogens is 132 g/mol. The maximum absolute atomic E-state index is 10.5. The van der Waals surface area contributed by atoms with Crippen molar-refractivity contribution in [3.8, 4) is 0 Å². The summed E-state index contributed by atoms with van der Waals surface area (Å²) in [6, 6.07) is 0. The second-order valence-electron chi connectivity index (χ2n) is 1.89. The minimum absolute atomic E-state index is 0.171. The van der Waals surface area contributed by atoms with E-state index in [1.54, 1.807) is 0 Å². The molecule has 0 aromatic heterocycles. The second kappa shape index (κ2) is 3.82. The van der Waals surface area contributed by atoms with Gasteiger partial charge in [0.05, 0.1) is 0 Å². The van der Waals surface area contributed by atoms with E-state index in [1.165, 1.54) is 13.8 Å². The minimum Gasteiger partial charge on any atom is -0.452 e.